The molecule has 1 aliphatic rings. The number of nitrogens with zero attached hydrogens (tertiary/aromatic N) is 2. The molecular weight excluding hydrogens is 487 g/mol. The molecule has 3 aromatic rings. The first-order valence-corrected chi connectivity index (χ1v) is 10.9. The van der Waals surface area contributed by atoms with Crippen LogP contribution in [0, 0.1) is 17.6 Å². The maximum atomic E-state index is 14.6. The van der Waals surface area contributed by atoms with Crippen molar-refractivity contribution in [2.24, 2.45) is 5.92 Å². The van der Waals surface area contributed by atoms with E-state index in [9.17, 15) is 31.5 Å². The van der Waals surface area contributed by atoms with Crippen molar-refractivity contribution in [3.8, 4) is 16.9 Å². The van der Waals surface area contributed by atoms with Gasteiger partial charge in [-0.2, -0.15) is 13.2 Å². The van der Waals surface area contributed by atoms with Crippen molar-refractivity contribution in [1.82, 2.24) is 15.1 Å². The molecule has 36 heavy (non-hydrogen) atoms. The fourth-order valence-corrected chi connectivity index (χ4v) is 3.67. The van der Waals surface area contributed by atoms with E-state index >= 15 is 0 Å². The molecule has 1 fully saturated rings. The summed E-state index contributed by atoms with van der Waals surface area (Å²) < 4.78 is 73.4. The van der Waals surface area contributed by atoms with Crippen molar-refractivity contribution in [3.63, 3.8) is 0 Å². The zero-order chi connectivity index (χ0) is 26.0. The minimum atomic E-state index is -4.58. The van der Waals surface area contributed by atoms with Gasteiger partial charge < -0.3 is 15.4 Å². The lowest BCUT2D eigenvalue weighted by Crippen LogP contribution is -2.28. The molecule has 0 radical (unpaired) electrons. The van der Waals surface area contributed by atoms with E-state index in [-0.39, 0.29) is 47.2 Å². The predicted octanol–water partition coefficient (Wildman–Crippen LogP) is 4.36. The largest absolute Gasteiger partial charge is 0.414 e. The van der Waals surface area contributed by atoms with Gasteiger partial charge in [-0.25, -0.2) is 13.5 Å². The molecule has 2 N–H and O–H groups in total. The Balaban J connectivity index is 1.69. The number of para-hydroxylation sites is 1. The third-order valence-electron chi connectivity index (χ3n) is 5.60. The summed E-state index contributed by atoms with van der Waals surface area (Å²) in [4.78, 5) is 24.0. The van der Waals surface area contributed by atoms with E-state index in [0.717, 1.165) is 23.7 Å². The zero-order valence-electron chi connectivity index (χ0n) is 18.9. The first kappa shape index (κ1) is 25.3. The van der Waals surface area contributed by atoms with Crippen molar-refractivity contribution in [1.29, 1.82) is 0 Å². The van der Waals surface area contributed by atoms with E-state index in [1.54, 1.807) is 6.07 Å². The molecule has 12 heteroatoms. The molecule has 2 aromatic carbocycles. The van der Waals surface area contributed by atoms with Gasteiger partial charge in [0.1, 0.15) is 17.3 Å². The van der Waals surface area contributed by atoms with E-state index in [0.29, 0.717) is 0 Å². The number of ether oxygens (including phenoxy) is 1. The minimum Gasteiger partial charge on any atom is -0.364 e. The lowest BCUT2D eigenvalue weighted by Gasteiger charge is -2.17. The van der Waals surface area contributed by atoms with Gasteiger partial charge in [-0.05, 0) is 42.8 Å². The molecule has 0 bridgehead atoms. The molecule has 7 nitrogen and oxygen atoms in total. The number of alkyl halides is 3. The van der Waals surface area contributed by atoms with Gasteiger partial charge in [-0.3, -0.25) is 9.59 Å². The quantitative estimate of drug-likeness (QED) is 0.465. The van der Waals surface area contributed by atoms with Gasteiger partial charge in [0.15, 0.2) is 11.9 Å². The second kappa shape index (κ2) is 10.1. The second-order valence-electron chi connectivity index (χ2n) is 8.32. The van der Waals surface area contributed by atoms with Crippen LogP contribution in [0.2, 0.25) is 0 Å². The fourth-order valence-electron chi connectivity index (χ4n) is 3.67. The molecule has 1 unspecified atom stereocenters. The SMILES string of the molecule is C[C@@H](OCc1cc(F)cc(-c2cc(NC(=O)C3CNC(=O)C3)nn2-c2ccccc2F)c1)C(F)(F)F. The maximum Gasteiger partial charge on any atom is 0.414 e. The number of aromatic nitrogens is 2. The monoisotopic (exact) mass is 508 g/mol. The van der Waals surface area contributed by atoms with Crippen LogP contribution in [0.1, 0.15) is 18.9 Å². The summed E-state index contributed by atoms with van der Waals surface area (Å²) in [5.41, 5.74) is 0.449. The number of hydrogen-bond donors (Lipinski definition) is 2. The maximum absolute atomic E-state index is 14.6. The number of carbonyl (C=O) groups excluding carboxylic acids is 2. The van der Waals surface area contributed by atoms with Gasteiger partial charge in [0.25, 0.3) is 0 Å². The van der Waals surface area contributed by atoms with Crippen molar-refractivity contribution in [2.75, 3.05) is 11.9 Å². The van der Waals surface area contributed by atoms with Gasteiger partial charge in [0.05, 0.1) is 18.2 Å². The Morgan fingerprint density at radius 3 is 2.64 bits per heavy atom. The van der Waals surface area contributed by atoms with Crippen LogP contribution < -0.4 is 10.6 Å². The van der Waals surface area contributed by atoms with Crippen LogP contribution in [0.3, 0.4) is 0 Å². The smallest absolute Gasteiger partial charge is 0.364 e. The first-order chi connectivity index (χ1) is 17.0. The lowest BCUT2D eigenvalue weighted by molar-refractivity contribution is -0.217. The Bertz CT molecular complexity index is 1290. The van der Waals surface area contributed by atoms with E-state index in [1.807, 2.05) is 0 Å². The fraction of sp³-hybridized carbons (Fsp3) is 0.292. The molecule has 190 valence electrons. The van der Waals surface area contributed by atoms with Crippen molar-refractivity contribution in [2.45, 2.75) is 32.2 Å². The normalized spacial score (nSPS) is 16.6. The summed E-state index contributed by atoms with van der Waals surface area (Å²) in [5, 5.41) is 9.39. The molecule has 0 spiro atoms. The number of carbonyl (C=O) groups is 2. The number of nitrogens with one attached hydrogen (secondary N) is 2. The number of hydrogen-bond acceptors (Lipinski definition) is 4. The zero-order valence-corrected chi connectivity index (χ0v) is 18.9. The molecule has 0 aliphatic carbocycles. The van der Waals surface area contributed by atoms with Gasteiger partial charge in [-0.15, -0.1) is 5.10 Å². The van der Waals surface area contributed by atoms with Crippen LogP contribution in [0.5, 0.6) is 0 Å². The van der Waals surface area contributed by atoms with Crippen LogP contribution >= 0.6 is 0 Å². The highest BCUT2D eigenvalue weighted by Gasteiger charge is 2.37. The molecule has 1 aliphatic heterocycles. The van der Waals surface area contributed by atoms with E-state index in [4.69, 9.17) is 4.74 Å². The third-order valence-corrected chi connectivity index (χ3v) is 5.60. The highest BCUT2D eigenvalue weighted by Crippen LogP contribution is 2.30. The molecule has 2 heterocycles. The average Bonchev–Trinajstić information content (AvgIpc) is 3.43. The number of halogens is 5. The van der Waals surface area contributed by atoms with Crippen LogP contribution in [0.4, 0.5) is 27.8 Å². The number of rotatable bonds is 7. The predicted molar refractivity (Wildman–Crippen MR) is 119 cm³/mol. The molecule has 1 saturated heterocycles. The number of amides is 2. The lowest BCUT2D eigenvalue weighted by atomic mass is 10.1. The molecule has 4 rings (SSSR count). The van der Waals surface area contributed by atoms with Crippen LogP contribution in [0.25, 0.3) is 16.9 Å². The Labute approximate surface area is 202 Å². The Morgan fingerprint density at radius 1 is 1.22 bits per heavy atom. The highest BCUT2D eigenvalue weighted by molar-refractivity contribution is 5.97. The van der Waals surface area contributed by atoms with Crippen LogP contribution in [0.15, 0.2) is 48.5 Å². The standard InChI is InChI=1S/C24H21F5N4O3/c1-13(24(27,28)29)36-12-14-6-15(8-17(25)7-14)20-10-21(31-23(35)16-9-22(34)30-11-16)32-33(20)19-5-3-2-4-18(19)26/h2-8,10,13,16H,9,11-12H2,1H3,(H,30,34)(H,31,32,35)/t13-,16?/m1/s1. The first-order valence-electron chi connectivity index (χ1n) is 10.9. The van der Waals surface area contributed by atoms with E-state index < -0.39 is 42.3 Å². The average molecular weight is 508 g/mol. The number of benzene rings is 2. The van der Waals surface area contributed by atoms with Crippen LogP contribution in [-0.2, 0) is 20.9 Å². The Kier molecular flexibility index (Phi) is 7.07. The van der Waals surface area contributed by atoms with Crippen LogP contribution in [-0.4, -0.2) is 40.4 Å². The van der Waals surface area contributed by atoms with Crippen molar-refractivity contribution < 1.29 is 36.3 Å². The Morgan fingerprint density at radius 2 is 1.97 bits per heavy atom. The van der Waals surface area contributed by atoms with Gasteiger partial charge >= 0.3 is 6.18 Å². The van der Waals surface area contributed by atoms with Gasteiger partial charge in [0, 0.05) is 24.6 Å². The molecule has 1 aromatic heterocycles. The Hall–Kier alpha value is -3.80. The summed E-state index contributed by atoms with van der Waals surface area (Å²) in [6.45, 7) is 0.483. The van der Waals surface area contributed by atoms with E-state index in [1.165, 1.54) is 30.3 Å². The highest BCUT2D eigenvalue weighted by atomic mass is 19.4. The van der Waals surface area contributed by atoms with Gasteiger partial charge in [0.2, 0.25) is 11.8 Å². The third kappa shape index (κ3) is 5.70. The van der Waals surface area contributed by atoms with Crippen molar-refractivity contribution in [3.05, 3.63) is 65.7 Å². The summed E-state index contributed by atoms with van der Waals surface area (Å²) in [6.07, 6.45) is -6.63. The van der Waals surface area contributed by atoms with Crippen molar-refractivity contribution >= 4 is 17.6 Å². The van der Waals surface area contributed by atoms with Gasteiger partial charge in [-0.1, -0.05) is 12.1 Å². The summed E-state index contributed by atoms with van der Waals surface area (Å²) in [5.74, 6) is -2.74. The summed E-state index contributed by atoms with van der Waals surface area (Å²) in [6, 6.07) is 10.6. The van der Waals surface area contributed by atoms with E-state index in [2.05, 4.69) is 15.7 Å². The molecule has 2 atom stereocenters. The summed E-state index contributed by atoms with van der Waals surface area (Å²) >= 11 is 0. The molecular formula is C24H21F5N4O3. The molecule has 0 saturated carbocycles. The second-order valence-corrected chi connectivity index (χ2v) is 8.32. The summed E-state index contributed by atoms with van der Waals surface area (Å²) in [7, 11) is 0. The molecule has 2 amide bonds. The number of anilines is 1. The topological polar surface area (TPSA) is 85.2 Å². The minimum absolute atomic E-state index is 0.00142.